The molecule has 0 saturated carbocycles. The predicted octanol–water partition coefficient (Wildman–Crippen LogP) is 4.35. The molecule has 2 aromatic carbocycles. The highest BCUT2D eigenvalue weighted by Gasteiger charge is 2.03. The molecule has 0 bridgehead atoms. The Morgan fingerprint density at radius 1 is 1.05 bits per heavy atom. The van der Waals surface area contributed by atoms with Crippen LogP contribution in [0.4, 0.5) is 5.69 Å². The second-order valence-electron chi connectivity index (χ2n) is 4.22. The van der Waals surface area contributed by atoms with Gasteiger partial charge in [0.25, 0.3) is 0 Å². The molecule has 0 spiro atoms. The molecule has 2 rings (SSSR count). The SMILES string of the molecule is CCN(CCOc1cccc(Br)c1)c1ccccc1. The van der Waals surface area contributed by atoms with Gasteiger partial charge >= 0.3 is 0 Å². The van der Waals surface area contributed by atoms with E-state index in [1.807, 2.05) is 30.3 Å². The van der Waals surface area contributed by atoms with E-state index < -0.39 is 0 Å². The van der Waals surface area contributed by atoms with Gasteiger partial charge in [-0.2, -0.15) is 0 Å². The molecule has 0 amide bonds. The third-order valence-electron chi connectivity index (χ3n) is 2.93. The maximum absolute atomic E-state index is 5.77. The van der Waals surface area contributed by atoms with E-state index in [4.69, 9.17) is 4.74 Å². The number of anilines is 1. The summed E-state index contributed by atoms with van der Waals surface area (Å²) in [5.41, 5.74) is 1.24. The van der Waals surface area contributed by atoms with Crippen molar-refractivity contribution in [2.45, 2.75) is 6.92 Å². The van der Waals surface area contributed by atoms with Crippen LogP contribution in [-0.4, -0.2) is 19.7 Å². The number of rotatable bonds is 6. The van der Waals surface area contributed by atoms with Gasteiger partial charge in [-0.3, -0.25) is 0 Å². The molecule has 0 unspecified atom stereocenters. The molecule has 0 aliphatic carbocycles. The van der Waals surface area contributed by atoms with Crippen molar-refractivity contribution in [3.63, 3.8) is 0 Å². The highest BCUT2D eigenvalue weighted by Crippen LogP contribution is 2.18. The van der Waals surface area contributed by atoms with Crippen LogP contribution in [0.15, 0.2) is 59.1 Å². The van der Waals surface area contributed by atoms with E-state index in [0.29, 0.717) is 6.61 Å². The summed E-state index contributed by atoms with van der Waals surface area (Å²) in [4.78, 5) is 2.30. The fourth-order valence-electron chi connectivity index (χ4n) is 1.94. The van der Waals surface area contributed by atoms with E-state index in [2.05, 4.69) is 52.0 Å². The maximum Gasteiger partial charge on any atom is 0.120 e. The Balaban J connectivity index is 1.87. The summed E-state index contributed by atoms with van der Waals surface area (Å²) in [6, 6.07) is 18.4. The first kappa shape index (κ1) is 13.9. The zero-order valence-electron chi connectivity index (χ0n) is 11.1. The maximum atomic E-state index is 5.77. The molecule has 0 atom stereocenters. The average molecular weight is 320 g/mol. The molecule has 0 aliphatic rings. The van der Waals surface area contributed by atoms with Crippen molar-refractivity contribution in [2.24, 2.45) is 0 Å². The van der Waals surface area contributed by atoms with Crippen molar-refractivity contribution >= 4 is 21.6 Å². The van der Waals surface area contributed by atoms with Crippen molar-refractivity contribution < 1.29 is 4.74 Å². The van der Waals surface area contributed by atoms with Crippen LogP contribution in [0.5, 0.6) is 5.75 Å². The van der Waals surface area contributed by atoms with Crippen LogP contribution >= 0.6 is 15.9 Å². The predicted molar refractivity (Wildman–Crippen MR) is 84.0 cm³/mol. The van der Waals surface area contributed by atoms with Crippen LogP contribution in [-0.2, 0) is 0 Å². The van der Waals surface area contributed by atoms with E-state index in [1.54, 1.807) is 0 Å². The smallest absolute Gasteiger partial charge is 0.120 e. The average Bonchev–Trinajstić information content (AvgIpc) is 2.45. The molecule has 100 valence electrons. The standard InChI is InChI=1S/C16H18BrNO/c1-2-18(15-8-4-3-5-9-15)11-12-19-16-10-6-7-14(17)13-16/h3-10,13H,2,11-12H2,1H3. The monoisotopic (exact) mass is 319 g/mol. The number of ether oxygens (including phenoxy) is 1. The lowest BCUT2D eigenvalue weighted by Crippen LogP contribution is -2.27. The Labute approximate surface area is 123 Å². The lowest BCUT2D eigenvalue weighted by Gasteiger charge is -2.23. The number of para-hydroxylation sites is 1. The molecular formula is C16H18BrNO. The summed E-state index contributed by atoms with van der Waals surface area (Å²) in [6.07, 6.45) is 0. The molecule has 2 aromatic rings. The Bertz CT molecular complexity index is 501. The number of nitrogens with zero attached hydrogens (tertiary/aromatic N) is 1. The first-order chi connectivity index (χ1) is 9.29. The van der Waals surface area contributed by atoms with Crippen molar-refractivity contribution in [3.05, 3.63) is 59.1 Å². The summed E-state index contributed by atoms with van der Waals surface area (Å²) < 4.78 is 6.81. The molecule has 19 heavy (non-hydrogen) atoms. The van der Waals surface area contributed by atoms with E-state index in [-0.39, 0.29) is 0 Å². The summed E-state index contributed by atoms with van der Waals surface area (Å²) in [7, 11) is 0. The molecule has 0 aromatic heterocycles. The van der Waals surface area contributed by atoms with E-state index in [0.717, 1.165) is 23.3 Å². The lowest BCUT2D eigenvalue weighted by molar-refractivity contribution is 0.324. The summed E-state index contributed by atoms with van der Waals surface area (Å²) in [6.45, 7) is 4.70. The normalized spacial score (nSPS) is 10.2. The number of halogens is 1. The second kappa shape index (κ2) is 7.19. The minimum atomic E-state index is 0.680. The molecule has 0 radical (unpaired) electrons. The molecule has 2 nitrogen and oxygen atoms in total. The molecule has 0 saturated heterocycles. The van der Waals surface area contributed by atoms with Gasteiger partial charge in [0.2, 0.25) is 0 Å². The van der Waals surface area contributed by atoms with E-state index in [1.165, 1.54) is 5.69 Å². The van der Waals surface area contributed by atoms with Gasteiger partial charge in [-0.1, -0.05) is 40.2 Å². The van der Waals surface area contributed by atoms with Gasteiger partial charge in [0.15, 0.2) is 0 Å². The number of likely N-dealkylation sites (N-methyl/N-ethyl adjacent to an activating group) is 1. The summed E-state index contributed by atoms with van der Waals surface area (Å²) in [5.74, 6) is 0.901. The Kier molecular flexibility index (Phi) is 5.28. The first-order valence-corrected chi connectivity index (χ1v) is 7.27. The third kappa shape index (κ3) is 4.28. The Hall–Kier alpha value is -1.48. The van der Waals surface area contributed by atoms with Crippen molar-refractivity contribution in [1.29, 1.82) is 0 Å². The molecule has 0 aliphatic heterocycles. The zero-order chi connectivity index (χ0) is 13.5. The minimum Gasteiger partial charge on any atom is -0.492 e. The number of hydrogen-bond acceptors (Lipinski definition) is 2. The van der Waals surface area contributed by atoms with Gasteiger partial charge in [-0.15, -0.1) is 0 Å². The van der Waals surface area contributed by atoms with Crippen molar-refractivity contribution in [1.82, 2.24) is 0 Å². The zero-order valence-corrected chi connectivity index (χ0v) is 12.6. The van der Waals surface area contributed by atoms with Gasteiger partial charge in [0.1, 0.15) is 12.4 Å². The van der Waals surface area contributed by atoms with E-state index in [9.17, 15) is 0 Å². The molecular weight excluding hydrogens is 302 g/mol. The highest BCUT2D eigenvalue weighted by molar-refractivity contribution is 9.10. The topological polar surface area (TPSA) is 12.5 Å². The molecule has 0 N–H and O–H groups in total. The summed E-state index contributed by atoms with van der Waals surface area (Å²) >= 11 is 3.44. The van der Waals surface area contributed by atoms with Crippen molar-refractivity contribution in [3.8, 4) is 5.75 Å². The van der Waals surface area contributed by atoms with Crippen LogP contribution in [0, 0.1) is 0 Å². The number of benzene rings is 2. The van der Waals surface area contributed by atoms with Crippen LogP contribution in [0.2, 0.25) is 0 Å². The van der Waals surface area contributed by atoms with E-state index >= 15 is 0 Å². The quantitative estimate of drug-likeness (QED) is 0.784. The van der Waals surface area contributed by atoms with Gasteiger partial charge in [-0.25, -0.2) is 0 Å². The van der Waals surface area contributed by atoms with Gasteiger partial charge < -0.3 is 9.64 Å². The summed E-state index contributed by atoms with van der Waals surface area (Å²) in [5, 5.41) is 0. The Morgan fingerprint density at radius 2 is 1.84 bits per heavy atom. The highest BCUT2D eigenvalue weighted by atomic mass is 79.9. The van der Waals surface area contributed by atoms with Crippen LogP contribution in [0.25, 0.3) is 0 Å². The largest absolute Gasteiger partial charge is 0.492 e. The number of hydrogen-bond donors (Lipinski definition) is 0. The fraction of sp³-hybridized carbons (Fsp3) is 0.250. The van der Waals surface area contributed by atoms with Gasteiger partial charge in [0, 0.05) is 16.7 Å². The second-order valence-corrected chi connectivity index (χ2v) is 5.14. The minimum absolute atomic E-state index is 0.680. The third-order valence-corrected chi connectivity index (χ3v) is 3.42. The van der Waals surface area contributed by atoms with Crippen LogP contribution < -0.4 is 9.64 Å². The molecule has 0 heterocycles. The van der Waals surface area contributed by atoms with Gasteiger partial charge in [0.05, 0.1) is 6.54 Å². The Morgan fingerprint density at radius 3 is 2.53 bits per heavy atom. The fourth-order valence-corrected chi connectivity index (χ4v) is 2.32. The van der Waals surface area contributed by atoms with Crippen molar-refractivity contribution in [2.75, 3.05) is 24.6 Å². The first-order valence-electron chi connectivity index (χ1n) is 6.48. The lowest BCUT2D eigenvalue weighted by atomic mass is 10.3. The van der Waals surface area contributed by atoms with Crippen LogP contribution in [0.1, 0.15) is 6.92 Å². The molecule has 0 fully saturated rings. The van der Waals surface area contributed by atoms with Crippen LogP contribution in [0.3, 0.4) is 0 Å². The molecule has 3 heteroatoms. The van der Waals surface area contributed by atoms with Gasteiger partial charge in [-0.05, 0) is 37.3 Å².